The number of hydrogen-bond acceptors (Lipinski definition) is 0. The topological polar surface area (TPSA) is 0 Å². The maximum absolute atomic E-state index is 3.69. The van der Waals surface area contributed by atoms with E-state index in [0.717, 1.165) is 12.8 Å². The molecule has 0 nitrogen and oxygen atoms in total. The van der Waals surface area contributed by atoms with Crippen molar-refractivity contribution in [2.45, 2.75) is 26.7 Å². The second-order valence-corrected chi connectivity index (χ2v) is 4.44. The highest BCUT2D eigenvalue weighted by Gasteiger charge is 2.02. The molecule has 0 N–H and O–H groups in total. The van der Waals surface area contributed by atoms with Crippen molar-refractivity contribution < 1.29 is 0 Å². The molecule has 94 valence electrons. The summed E-state index contributed by atoms with van der Waals surface area (Å²) in [7, 11) is 0. The molecule has 0 saturated carbocycles. The first-order valence-corrected chi connectivity index (χ1v) is 6.33. The van der Waals surface area contributed by atoms with Crippen LogP contribution in [0.1, 0.15) is 22.3 Å². The molecule has 0 spiro atoms. The molecule has 0 fully saturated rings. The number of aryl methyl sites for hydroxylation is 2. The molecule has 18 heavy (non-hydrogen) atoms. The summed E-state index contributed by atoms with van der Waals surface area (Å²) in [6.07, 6.45) is 13.9. The first-order valence-electron chi connectivity index (χ1n) is 6.33. The lowest BCUT2D eigenvalue weighted by molar-refractivity contribution is 1.13. The molecule has 0 aliphatic rings. The van der Waals surface area contributed by atoms with Gasteiger partial charge < -0.3 is 0 Å². The van der Waals surface area contributed by atoms with Crippen LogP contribution in [0.25, 0.3) is 0 Å². The van der Waals surface area contributed by atoms with E-state index in [1.807, 2.05) is 24.3 Å². The van der Waals surface area contributed by atoms with E-state index in [9.17, 15) is 0 Å². The Morgan fingerprint density at radius 1 is 0.833 bits per heavy atom. The average molecular weight is 238 g/mol. The van der Waals surface area contributed by atoms with E-state index in [1.54, 1.807) is 0 Å². The van der Waals surface area contributed by atoms with Crippen LogP contribution >= 0.6 is 0 Å². The molecule has 0 aliphatic heterocycles. The SMILES string of the molecule is C=CC=CCc1cc(C)c(CC=CC=C)cc1C. The van der Waals surface area contributed by atoms with Crippen molar-refractivity contribution in [3.8, 4) is 0 Å². The maximum Gasteiger partial charge on any atom is -0.00916 e. The summed E-state index contributed by atoms with van der Waals surface area (Å²) in [5, 5.41) is 0. The van der Waals surface area contributed by atoms with Crippen molar-refractivity contribution in [3.63, 3.8) is 0 Å². The molecule has 0 aromatic heterocycles. The minimum absolute atomic E-state index is 0.974. The normalized spacial score (nSPS) is 11.2. The van der Waals surface area contributed by atoms with Crippen LogP contribution in [0.15, 0.2) is 61.7 Å². The summed E-state index contributed by atoms with van der Waals surface area (Å²) in [6, 6.07) is 4.58. The molecule has 1 rings (SSSR count). The molecule has 0 heterocycles. The van der Waals surface area contributed by atoms with Gasteiger partial charge in [-0.1, -0.05) is 61.7 Å². The standard InChI is InChI=1S/C18H22/c1-5-7-9-11-17-13-16(4)18(14-15(17)3)12-10-8-6-2/h5-10,13-14H,1-2,11-12H2,3-4H3. The molecule has 0 atom stereocenters. The molecule has 1 aromatic rings. The van der Waals surface area contributed by atoms with Gasteiger partial charge in [-0.05, 0) is 48.9 Å². The predicted molar refractivity (Wildman–Crippen MR) is 82.0 cm³/mol. The van der Waals surface area contributed by atoms with Crippen LogP contribution in [-0.4, -0.2) is 0 Å². The van der Waals surface area contributed by atoms with E-state index >= 15 is 0 Å². The van der Waals surface area contributed by atoms with Crippen molar-refractivity contribution in [1.82, 2.24) is 0 Å². The van der Waals surface area contributed by atoms with Gasteiger partial charge in [0.15, 0.2) is 0 Å². The van der Waals surface area contributed by atoms with Gasteiger partial charge in [0, 0.05) is 0 Å². The van der Waals surface area contributed by atoms with Gasteiger partial charge in [0.25, 0.3) is 0 Å². The third-order valence-corrected chi connectivity index (χ3v) is 3.01. The smallest absolute Gasteiger partial charge is 0.00916 e. The van der Waals surface area contributed by atoms with Crippen LogP contribution in [0.5, 0.6) is 0 Å². The third kappa shape index (κ3) is 4.21. The monoisotopic (exact) mass is 238 g/mol. The van der Waals surface area contributed by atoms with Crippen LogP contribution < -0.4 is 0 Å². The van der Waals surface area contributed by atoms with Gasteiger partial charge in [-0.3, -0.25) is 0 Å². The molecule has 0 unspecified atom stereocenters. The summed E-state index contributed by atoms with van der Waals surface area (Å²) < 4.78 is 0. The molecular formula is C18H22. The zero-order chi connectivity index (χ0) is 13.4. The van der Waals surface area contributed by atoms with Crippen LogP contribution in [0.2, 0.25) is 0 Å². The van der Waals surface area contributed by atoms with Gasteiger partial charge in [0.1, 0.15) is 0 Å². The van der Waals surface area contributed by atoms with Gasteiger partial charge in [-0.25, -0.2) is 0 Å². The molecule has 0 radical (unpaired) electrons. The molecule has 0 heteroatoms. The highest BCUT2D eigenvalue weighted by atomic mass is 14.1. The van der Waals surface area contributed by atoms with Crippen LogP contribution in [-0.2, 0) is 12.8 Å². The Hall–Kier alpha value is -1.82. The first-order chi connectivity index (χ1) is 8.69. The Balaban J connectivity index is 2.89. The molecular weight excluding hydrogens is 216 g/mol. The Morgan fingerprint density at radius 2 is 1.22 bits per heavy atom. The van der Waals surface area contributed by atoms with E-state index in [4.69, 9.17) is 0 Å². The van der Waals surface area contributed by atoms with Crippen LogP contribution in [0, 0.1) is 13.8 Å². The fourth-order valence-electron chi connectivity index (χ4n) is 1.96. The van der Waals surface area contributed by atoms with E-state index in [0.29, 0.717) is 0 Å². The molecule has 1 aromatic carbocycles. The molecule has 0 saturated heterocycles. The third-order valence-electron chi connectivity index (χ3n) is 3.01. The average Bonchev–Trinajstić information content (AvgIpc) is 2.35. The van der Waals surface area contributed by atoms with Gasteiger partial charge >= 0.3 is 0 Å². The summed E-state index contributed by atoms with van der Waals surface area (Å²) in [6.45, 7) is 11.7. The van der Waals surface area contributed by atoms with Gasteiger partial charge in [-0.15, -0.1) is 0 Å². The summed E-state index contributed by atoms with van der Waals surface area (Å²) in [5.74, 6) is 0. The van der Waals surface area contributed by atoms with Gasteiger partial charge in [0.05, 0.1) is 0 Å². The van der Waals surface area contributed by atoms with Crippen molar-refractivity contribution in [2.24, 2.45) is 0 Å². The maximum atomic E-state index is 3.69. The van der Waals surface area contributed by atoms with E-state index in [1.165, 1.54) is 22.3 Å². The van der Waals surface area contributed by atoms with Crippen LogP contribution in [0.4, 0.5) is 0 Å². The quantitative estimate of drug-likeness (QED) is 0.620. The van der Waals surface area contributed by atoms with Gasteiger partial charge in [0.2, 0.25) is 0 Å². The molecule has 0 bridgehead atoms. The van der Waals surface area contributed by atoms with Crippen molar-refractivity contribution in [3.05, 3.63) is 84.0 Å². The minimum Gasteiger partial charge on any atom is -0.0991 e. The zero-order valence-corrected chi connectivity index (χ0v) is 11.4. The lowest BCUT2D eigenvalue weighted by Gasteiger charge is -2.09. The second-order valence-electron chi connectivity index (χ2n) is 4.44. The Morgan fingerprint density at radius 3 is 1.56 bits per heavy atom. The molecule has 0 aliphatic carbocycles. The fourth-order valence-corrected chi connectivity index (χ4v) is 1.96. The van der Waals surface area contributed by atoms with Crippen LogP contribution in [0.3, 0.4) is 0 Å². The fraction of sp³-hybridized carbons (Fsp3) is 0.222. The summed E-state index contributed by atoms with van der Waals surface area (Å²) >= 11 is 0. The number of allylic oxidation sites excluding steroid dienone is 6. The summed E-state index contributed by atoms with van der Waals surface area (Å²) in [4.78, 5) is 0. The number of benzene rings is 1. The van der Waals surface area contributed by atoms with Gasteiger partial charge in [-0.2, -0.15) is 0 Å². The lowest BCUT2D eigenvalue weighted by Crippen LogP contribution is -1.94. The van der Waals surface area contributed by atoms with E-state index < -0.39 is 0 Å². The van der Waals surface area contributed by atoms with E-state index in [2.05, 4.69) is 51.3 Å². The van der Waals surface area contributed by atoms with E-state index in [-0.39, 0.29) is 0 Å². The molecule has 0 amide bonds. The second kappa shape index (κ2) is 7.50. The Kier molecular flexibility index (Phi) is 5.93. The van der Waals surface area contributed by atoms with Crippen molar-refractivity contribution >= 4 is 0 Å². The zero-order valence-electron chi connectivity index (χ0n) is 11.4. The lowest BCUT2D eigenvalue weighted by atomic mass is 9.96. The highest BCUT2D eigenvalue weighted by Crippen LogP contribution is 2.18. The number of rotatable bonds is 6. The minimum atomic E-state index is 0.974. The number of hydrogen-bond donors (Lipinski definition) is 0. The van der Waals surface area contributed by atoms with Crippen molar-refractivity contribution in [1.29, 1.82) is 0 Å². The largest absolute Gasteiger partial charge is 0.0991 e. The Labute approximate surface area is 111 Å². The van der Waals surface area contributed by atoms with Crippen molar-refractivity contribution in [2.75, 3.05) is 0 Å². The summed E-state index contributed by atoms with van der Waals surface area (Å²) in [5.41, 5.74) is 5.50. The first kappa shape index (κ1) is 14.2. The Bertz CT molecular complexity index is 427. The highest BCUT2D eigenvalue weighted by molar-refractivity contribution is 5.39. The predicted octanol–water partition coefficient (Wildman–Crippen LogP) is 4.87.